The van der Waals surface area contributed by atoms with E-state index in [-0.39, 0.29) is 5.57 Å². The maximum atomic E-state index is 12.9. The summed E-state index contributed by atoms with van der Waals surface area (Å²) in [4.78, 5) is 26.6. The number of ether oxygens (including phenoxy) is 2. The van der Waals surface area contributed by atoms with Gasteiger partial charge in [0.15, 0.2) is 5.71 Å². The summed E-state index contributed by atoms with van der Waals surface area (Å²) in [6, 6.07) is 20.1. The second kappa shape index (κ2) is 10.8. The van der Waals surface area contributed by atoms with E-state index >= 15 is 0 Å². The normalized spacial score (nSPS) is 12.9. The Labute approximate surface area is 209 Å². The predicted molar refractivity (Wildman–Crippen MR) is 140 cm³/mol. The lowest BCUT2D eigenvalue weighted by molar-refractivity contribution is -0.129. The molecule has 0 spiro atoms. The maximum absolute atomic E-state index is 12.9. The van der Waals surface area contributed by atoms with E-state index in [0.29, 0.717) is 22.7 Å². The summed E-state index contributed by atoms with van der Waals surface area (Å²) in [6.07, 6.45) is 3.19. The third-order valence-corrected chi connectivity index (χ3v) is 5.94. The van der Waals surface area contributed by atoms with Gasteiger partial charge in [0.2, 0.25) is 0 Å². The van der Waals surface area contributed by atoms with Crippen LogP contribution in [-0.4, -0.2) is 43.5 Å². The first-order valence-electron chi connectivity index (χ1n) is 11.4. The minimum Gasteiger partial charge on any atom is -0.497 e. The van der Waals surface area contributed by atoms with Gasteiger partial charge in [0, 0.05) is 41.8 Å². The van der Waals surface area contributed by atoms with Gasteiger partial charge in [-0.25, -0.2) is 4.79 Å². The summed E-state index contributed by atoms with van der Waals surface area (Å²) in [5.74, 6) is -0.744. The highest BCUT2D eigenvalue weighted by atomic mass is 16.5. The fourth-order valence-corrected chi connectivity index (χ4v) is 4.18. The maximum Gasteiger partial charge on any atom is 0.354 e. The molecule has 3 aromatic carbocycles. The van der Waals surface area contributed by atoms with E-state index in [9.17, 15) is 14.7 Å². The van der Waals surface area contributed by atoms with Gasteiger partial charge in [0.1, 0.15) is 11.5 Å². The van der Waals surface area contributed by atoms with E-state index in [0.717, 1.165) is 36.3 Å². The Bertz CT molecular complexity index is 1310. The average molecular weight is 486 g/mol. The van der Waals surface area contributed by atoms with Crippen LogP contribution in [0.25, 0.3) is 6.08 Å². The van der Waals surface area contributed by atoms with Crippen LogP contribution < -0.4 is 19.7 Å². The number of aryl methyl sites for hydroxylation is 1. The van der Waals surface area contributed by atoms with Crippen molar-refractivity contribution in [2.45, 2.75) is 12.8 Å². The van der Waals surface area contributed by atoms with E-state index in [4.69, 9.17) is 14.9 Å². The first-order valence-corrected chi connectivity index (χ1v) is 11.4. The van der Waals surface area contributed by atoms with Crippen LogP contribution in [0.4, 0.5) is 17.1 Å². The van der Waals surface area contributed by atoms with Crippen LogP contribution in [0.3, 0.4) is 0 Å². The zero-order valence-electron chi connectivity index (χ0n) is 20.1. The van der Waals surface area contributed by atoms with E-state index < -0.39 is 17.6 Å². The quantitative estimate of drug-likeness (QED) is 0.309. The van der Waals surface area contributed by atoms with Crippen molar-refractivity contribution in [2.75, 3.05) is 31.0 Å². The van der Waals surface area contributed by atoms with E-state index in [1.807, 2.05) is 42.5 Å². The molecule has 184 valence electrons. The molecule has 0 radical (unpaired) electrons. The van der Waals surface area contributed by atoms with Crippen molar-refractivity contribution in [1.82, 2.24) is 0 Å². The molecule has 1 aliphatic heterocycles. The van der Waals surface area contributed by atoms with Crippen molar-refractivity contribution < 1.29 is 24.2 Å². The summed E-state index contributed by atoms with van der Waals surface area (Å²) >= 11 is 0. The minimum atomic E-state index is -1.47. The standard InChI is InChI=1S/C28H27N3O5/c1-35-22-15-21(16-23(17-22)36-2)31-12-6-7-19-13-18(10-11-25(19)31)14-24(26(29)28(33)34)27(32)30-20-8-4-3-5-9-20/h3-5,8-11,13-17,29H,6-7,12H2,1-2H3,(H,30,32)(H,33,34)/b24-14-,29-26?. The van der Waals surface area contributed by atoms with E-state index in [1.54, 1.807) is 38.5 Å². The Hall–Kier alpha value is -4.59. The molecule has 3 aromatic rings. The Balaban J connectivity index is 1.68. The molecule has 1 amide bonds. The van der Waals surface area contributed by atoms with Crippen molar-refractivity contribution >= 4 is 40.7 Å². The van der Waals surface area contributed by atoms with Gasteiger partial charge in [-0.2, -0.15) is 0 Å². The monoisotopic (exact) mass is 485 g/mol. The number of rotatable bonds is 8. The molecular weight excluding hydrogens is 458 g/mol. The molecule has 0 atom stereocenters. The fourth-order valence-electron chi connectivity index (χ4n) is 4.18. The van der Waals surface area contributed by atoms with E-state index in [1.165, 1.54) is 6.08 Å². The van der Waals surface area contributed by atoms with Crippen LogP contribution in [-0.2, 0) is 16.0 Å². The topological polar surface area (TPSA) is 112 Å². The molecule has 36 heavy (non-hydrogen) atoms. The van der Waals surface area contributed by atoms with Crippen LogP contribution in [0.1, 0.15) is 17.5 Å². The Morgan fingerprint density at radius 3 is 2.33 bits per heavy atom. The Morgan fingerprint density at radius 2 is 1.69 bits per heavy atom. The smallest absolute Gasteiger partial charge is 0.354 e. The molecule has 0 unspecified atom stereocenters. The first-order chi connectivity index (χ1) is 17.4. The number of carbonyl (C=O) groups excluding carboxylic acids is 1. The molecule has 0 aromatic heterocycles. The van der Waals surface area contributed by atoms with Gasteiger partial charge in [0.05, 0.1) is 19.8 Å². The number of benzene rings is 3. The van der Waals surface area contributed by atoms with Gasteiger partial charge in [-0.05, 0) is 54.3 Å². The molecule has 0 fully saturated rings. The molecular formula is C28H27N3O5. The fraction of sp³-hybridized carbons (Fsp3) is 0.179. The molecule has 3 N–H and O–H groups in total. The molecule has 0 aliphatic carbocycles. The van der Waals surface area contributed by atoms with Gasteiger partial charge >= 0.3 is 5.97 Å². The second-order valence-corrected chi connectivity index (χ2v) is 8.27. The van der Waals surface area contributed by atoms with Gasteiger partial charge in [0.25, 0.3) is 5.91 Å². The SMILES string of the molecule is COc1cc(OC)cc(N2CCCc3cc(/C=C(/C(=N)C(=O)O)C(=O)Nc4ccccc4)ccc32)c1. The number of nitrogens with one attached hydrogen (secondary N) is 2. The molecule has 4 rings (SSSR count). The summed E-state index contributed by atoms with van der Waals surface area (Å²) in [7, 11) is 3.23. The number of hydrogen-bond acceptors (Lipinski definition) is 6. The molecule has 0 bridgehead atoms. The van der Waals surface area contributed by atoms with E-state index in [2.05, 4.69) is 10.2 Å². The summed E-state index contributed by atoms with van der Waals surface area (Å²) < 4.78 is 10.9. The molecule has 0 saturated heterocycles. The van der Waals surface area contributed by atoms with Crippen molar-refractivity contribution in [3.63, 3.8) is 0 Å². The van der Waals surface area contributed by atoms with Gasteiger partial charge in [-0.3, -0.25) is 10.2 Å². The molecule has 8 heteroatoms. The number of nitrogens with zero attached hydrogens (tertiary/aromatic N) is 1. The molecule has 0 saturated carbocycles. The minimum absolute atomic E-state index is 0.225. The van der Waals surface area contributed by atoms with Crippen LogP contribution >= 0.6 is 0 Å². The average Bonchev–Trinajstić information content (AvgIpc) is 2.90. The van der Waals surface area contributed by atoms with Crippen LogP contribution in [0, 0.1) is 5.41 Å². The van der Waals surface area contributed by atoms with Crippen LogP contribution in [0.5, 0.6) is 11.5 Å². The largest absolute Gasteiger partial charge is 0.497 e. The highest BCUT2D eigenvalue weighted by molar-refractivity contribution is 6.50. The summed E-state index contributed by atoms with van der Waals surface area (Å²) in [6.45, 7) is 0.812. The van der Waals surface area contributed by atoms with Crippen LogP contribution in [0.15, 0.2) is 72.3 Å². The molecule has 1 heterocycles. The van der Waals surface area contributed by atoms with Crippen molar-refractivity contribution in [2.24, 2.45) is 0 Å². The number of methoxy groups -OCH3 is 2. The number of amides is 1. The van der Waals surface area contributed by atoms with Crippen LogP contribution in [0.2, 0.25) is 0 Å². The second-order valence-electron chi connectivity index (χ2n) is 8.27. The number of aliphatic carboxylic acids is 1. The lowest BCUT2D eigenvalue weighted by Crippen LogP contribution is -2.25. The lowest BCUT2D eigenvalue weighted by Gasteiger charge is -2.32. The third-order valence-electron chi connectivity index (χ3n) is 5.94. The van der Waals surface area contributed by atoms with Crippen molar-refractivity contribution in [3.05, 3.63) is 83.4 Å². The highest BCUT2D eigenvalue weighted by Crippen LogP contribution is 2.38. The zero-order chi connectivity index (χ0) is 25.7. The van der Waals surface area contributed by atoms with Crippen molar-refractivity contribution in [1.29, 1.82) is 5.41 Å². The number of carboxylic acid groups (broad SMARTS) is 1. The zero-order valence-corrected chi connectivity index (χ0v) is 20.1. The lowest BCUT2D eigenvalue weighted by atomic mass is 9.97. The highest BCUT2D eigenvalue weighted by Gasteiger charge is 2.23. The Kier molecular flexibility index (Phi) is 7.34. The third kappa shape index (κ3) is 5.38. The number of para-hydroxylation sites is 1. The first kappa shape index (κ1) is 24.5. The number of anilines is 3. The predicted octanol–water partition coefficient (Wildman–Crippen LogP) is 4.91. The van der Waals surface area contributed by atoms with Gasteiger partial charge < -0.3 is 24.8 Å². The number of hydrogen-bond donors (Lipinski definition) is 3. The summed E-state index contributed by atoms with van der Waals surface area (Å²) in [5, 5.41) is 20.1. The number of carboxylic acids is 1. The van der Waals surface area contributed by atoms with Crippen molar-refractivity contribution in [3.8, 4) is 11.5 Å². The van der Waals surface area contributed by atoms with Gasteiger partial charge in [-0.15, -0.1) is 0 Å². The number of fused-ring (bicyclic) bond motifs is 1. The Morgan fingerprint density at radius 1 is 1.00 bits per heavy atom. The summed E-state index contributed by atoms with van der Waals surface area (Å²) in [5.41, 5.74) is 3.16. The van der Waals surface area contributed by atoms with Gasteiger partial charge in [-0.1, -0.05) is 24.3 Å². The molecule has 1 aliphatic rings. The molecule has 8 nitrogen and oxygen atoms in total. The number of carbonyl (C=O) groups is 2.